The summed E-state index contributed by atoms with van der Waals surface area (Å²) in [7, 11) is 0. The molecule has 1 aliphatic carbocycles. The minimum atomic E-state index is -1.51. The van der Waals surface area contributed by atoms with Crippen LogP contribution in [0.1, 0.15) is 26.7 Å². The fourth-order valence-corrected chi connectivity index (χ4v) is 0.997. The largest absolute Gasteiger partial charge is 0.335 e. The van der Waals surface area contributed by atoms with Crippen LogP contribution in [0, 0.1) is 17.2 Å². The van der Waals surface area contributed by atoms with Gasteiger partial charge in [-0.2, -0.15) is 5.26 Å². The monoisotopic (exact) mass is 184 g/mol. The lowest BCUT2D eigenvalue weighted by Gasteiger charge is -2.14. The first-order valence-corrected chi connectivity index (χ1v) is 4.38. The van der Waals surface area contributed by atoms with Crippen LogP contribution in [0.5, 0.6) is 0 Å². The van der Waals surface area contributed by atoms with Crippen LogP contribution in [0.15, 0.2) is 0 Å². The first-order valence-electron chi connectivity index (χ1n) is 4.38. The fraction of sp³-hybridized carbons (Fsp3) is 0.778. The van der Waals surface area contributed by atoms with E-state index in [1.54, 1.807) is 13.8 Å². The second-order valence-corrected chi connectivity index (χ2v) is 3.83. The van der Waals surface area contributed by atoms with E-state index in [2.05, 4.69) is 5.32 Å². The number of carbonyl (C=O) groups is 1. The molecule has 0 aliphatic heterocycles. The number of rotatable bonds is 3. The summed E-state index contributed by atoms with van der Waals surface area (Å²) < 4.78 is 13.1. The number of hydrogen-bond donors (Lipinski definition) is 1. The van der Waals surface area contributed by atoms with Gasteiger partial charge in [-0.05, 0) is 18.8 Å². The SMILES string of the molecule is CC(C)C(F)C(=O)NC1(C#N)CC1. The topological polar surface area (TPSA) is 52.9 Å². The van der Waals surface area contributed by atoms with Crippen LogP contribution in [0.2, 0.25) is 0 Å². The summed E-state index contributed by atoms with van der Waals surface area (Å²) in [6, 6.07) is 1.98. The quantitative estimate of drug-likeness (QED) is 0.715. The van der Waals surface area contributed by atoms with Crippen LogP contribution < -0.4 is 5.32 Å². The van der Waals surface area contributed by atoms with E-state index in [0.717, 1.165) is 0 Å². The van der Waals surface area contributed by atoms with Gasteiger partial charge in [0.15, 0.2) is 6.17 Å². The van der Waals surface area contributed by atoms with Gasteiger partial charge < -0.3 is 5.32 Å². The standard InChI is InChI=1S/C9H13FN2O/c1-6(2)7(10)8(13)12-9(5-11)3-4-9/h6-7H,3-4H2,1-2H3,(H,12,13). The van der Waals surface area contributed by atoms with Crippen molar-refractivity contribution in [3.05, 3.63) is 0 Å². The Morgan fingerprint density at radius 1 is 1.62 bits per heavy atom. The molecule has 1 amide bonds. The average molecular weight is 184 g/mol. The van der Waals surface area contributed by atoms with Gasteiger partial charge >= 0.3 is 0 Å². The van der Waals surface area contributed by atoms with E-state index in [1.807, 2.05) is 6.07 Å². The molecule has 1 atom stereocenters. The average Bonchev–Trinajstić information content (AvgIpc) is 2.84. The van der Waals surface area contributed by atoms with Crippen molar-refractivity contribution in [3.8, 4) is 6.07 Å². The van der Waals surface area contributed by atoms with Crippen molar-refractivity contribution >= 4 is 5.91 Å². The molecule has 72 valence electrons. The minimum absolute atomic E-state index is 0.338. The zero-order valence-corrected chi connectivity index (χ0v) is 7.80. The van der Waals surface area contributed by atoms with Crippen molar-refractivity contribution in [3.63, 3.8) is 0 Å². The molecule has 0 saturated heterocycles. The normalized spacial score (nSPS) is 20.5. The zero-order valence-electron chi connectivity index (χ0n) is 7.80. The number of nitrogens with zero attached hydrogens (tertiary/aromatic N) is 1. The van der Waals surface area contributed by atoms with Crippen molar-refractivity contribution in [2.45, 2.75) is 38.4 Å². The van der Waals surface area contributed by atoms with E-state index in [-0.39, 0.29) is 5.92 Å². The van der Waals surface area contributed by atoms with Gasteiger partial charge in [0.05, 0.1) is 6.07 Å². The van der Waals surface area contributed by atoms with E-state index >= 15 is 0 Å². The van der Waals surface area contributed by atoms with Gasteiger partial charge in [0.1, 0.15) is 5.54 Å². The molecule has 0 aromatic rings. The Balaban J connectivity index is 2.47. The van der Waals surface area contributed by atoms with E-state index in [4.69, 9.17) is 5.26 Å². The Bertz CT molecular complexity index is 253. The van der Waals surface area contributed by atoms with Crippen molar-refractivity contribution in [1.82, 2.24) is 5.32 Å². The predicted octanol–water partition coefficient (Wildman–Crippen LogP) is 1.15. The molecule has 0 heterocycles. The van der Waals surface area contributed by atoms with Gasteiger partial charge in [0, 0.05) is 0 Å². The van der Waals surface area contributed by atoms with Crippen molar-refractivity contribution < 1.29 is 9.18 Å². The summed E-state index contributed by atoms with van der Waals surface area (Å²) in [6.07, 6.45) is -0.231. The number of hydrogen-bond acceptors (Lipinski definition) is 2. The highest BCUT2D eigenvalue weighted by molar-refractivity contribution is 5.82. The third-order valence-corrected chi connectivity index (χ3v) is 2.16. The van der Waals surface area contributed by atoms with Gasteiger partial charge in [0.2, 0.25) is 0 Å². The molecule has 1 aliphatic rings. The molecule has 13 heavy (non-hydrogen) atoms. The molecule has 1 fully saturated rings. The summed E-state index contributed by atoms with van der Waals surface area (Å²) in [6.45, 7) is 3.27. The van der Waals surface area contributed by atoms with Crippen LogP contribution in [0.3, 0.4) is 0 Å². The number of halogens is 1. The highest BCUT2D eigenvalue weighted by Gasteiger charge is 2.45. The predicted molar refractivity (Wildman–Crippen MR) is 45.5 cm³/mol. The van der Waals surface area contributed by atoms with Crippen LogP contribution >= 0.6 is 0 Å². The Kier molecular flexibility index (Phi) is 2.55. The lowest BCUT2D eigenvalue weighted by atomic mass is 10.1. The lowest BCUT2D eigenvalue weighted by Crippen LogP contribution is -2.42. The smallest absolute Gasteiger partial charge is 0.256 e. The van der Waals surface area contributed by atoms with Crippen LogP contribution in [-0.2, 0) is 4.79 Å². The number of alkyl halides is 1. The van der Waals surface area contributed by atoms with Crippen LogP contribution in [0.25, 0.3) is 0 Å². The summed E-state index contributed by atoms with van der Waals surface area (Å²) >= 11 is 0. The van der Waals surface area contributed by atoms with E-state index < -0.39 is 17.6 Å². The van der Waals surface area contributed by atoms with Crippen LogP contribution in [-0.4, -0.2) is 17.6 Å². The molecule has 1 N–H and O–H groups in total. The van der Waals surface area contributed by atoms with E-state index in [1.165, 1.54) is 0 Å². The van der Waals surface area contributed by atoms with Crippen molar-refractivity contribution in [2.75, 3.05) is 0 Å². The highest BCUT2D eigenvalue weighted by Crippen LogP contribution is 2.34. The Morgan fingerprint density at radius 3 is 2.46 bits per heavy atom. The third-order valence-electron chi connectivity index (χ3n) is 2.16. The van der Waals surface area contributed by atoms with E-state index in [0.29, 0.717) is 12.8 Å². The molecule has 4 heteroatoms. The molecule has 0 radical (unpaired) electrons. The first-order chi connectivity index (χ1) is 6.01. The zero-order chi connectivity index (χ0) is 10.1. The van der Waals surface area contributed by atoms with Gasteiger partial charge in [-0.1, -0.05) is 13.8 Å². The minimum Gasteiger partial charge on any atom is -0.335 e. The second kappa shape index (κ2) is 3.33. The van der Waals surface area contributed by atoms with Crippen molar-refractivity contribution in [2.24, 2.45) is 5.92 Å². The Hall–Kier alpha value is -1.11. The Morgan fingerprint density at radius 2 is 2.15 bits per heavy atom. The molecule has 1 saturated carbocycles. The fourth-order valence-electron chi connectivity index (χ4n) is 0.997. The van der Waals surface area contributed by atoms with E-state index in [9.17, 15) is 9.18 Å². The summed E-state index contributed by atoms with van der Waals surface area (Å²) in [4.78, 5) is 11.2. The second-order valence-electron chi connectivity index (χ2n) is 3.83. The number of carbonyl (C=O) groups excluding carboxylic acids is 1. The summed E-state index contributed by atoms with van der Waals surface area (Å²) in [5, 5.41) is 11.1. The van der Waals surface area contributed by atoms with Gasteiger partial charge in [0.25, 0.3) is 5.91 Å². The molecule has 0 bridgehead atoms. The molecule has 0 aromatic heterocycles. The number of nitriles is 1. The van der Waals surface area contributed by atoms with Crippen molar-refractivity contribution in [1.29, 1.82) is 5.26 Å². The van der Waals surface area contributed by atoms with Gasteiger partial charge in [-0.25, -0.2) is 4.39 Å². The van der Waals surface area contributed by atoms with Crippen LogP contribution in [0.4, 0.5) is 4.39 Å². The molecule has 0 spiro atoms. The highest BCUT2D eigenvalue weighted by atomic mass is 19.1. The molecular formula is C9H13FN2O. The Labute approximate surface area is 76.9 Å². The maximum absolute atomic E-state index is 13.1. The molecule has 3 nitrogen and oxygen atoms in total. The molecule has 0 aromatic carbocycles. The molecule has 1 rings (SSSR count). The van der Waals surface area contributed by atoms with Gasteiger partial charge in [-0.15, -0.1) is 0 Å². The molecular weight excluding hydrogens is 171 g/mol. The molecule has 1 unspecified atom stereocenters. The third kappa shape index (κ3) is 2.18. The maximum Gasteiger partial charge on any atom is 0.256 e. The summed E-state index contributed by atoms with van der Waals surface area (Å²) in [5.74, 6) is -0.997. The van der Waals surface area contributed by atoms with Gasteiger partial charge in [-0.3, -0.25) is 4.79 Å². The maximum atomic E-state index is 13.1. The first kappa shape index (κ1) is 9.97. The lowest BCUT2D eigenvalue weighted by molar-refractivity contribution is -0.128. The summed E-state index contributed by atoms with van der Waals surface area (Å²) in [5.41, 5.74) is -0.754. The number of amides is 1. The number of nitrogens with one attached hydrogen (secondary N) is 1.